The molecule has 0 bridgehead atoms. The van der Waals surface area contributed by atoms with E-state index in [0.717, 1.165) is 0 Å². The van der Waals surface area contributed by atoms with Crippen LogP contribution in [0, 0.1) is 17.0 Å². The number of nitrogens with zero attached hydrogens (tertiary/aromatic N) is 1. The number of rotatable bonds is 4. The topological polar surface area (TPSA) is 89.7 Å². The van der Waals surface area contributed by atoms with Gasteiger partial charge in [-0.2, -0.15) is 0 Å². The van der Waals surface area contributed by atoms with Gasteiger partial charge in [0.15, 0.2) is 0 Å². The normalized spacial score (nSPS) is 9.88. The summed E-state index contributed by atoms with van der Waals surface area (Å²) in [5, 5.41) is 19.3. The van der Waals surface area contributed by atoms with Crippen LogP contribution in [-0.4, -0.2) is 23.1 Å². The lowest BCUT2D eigenvalue weighted by Crippen LogP contribution is -2.03. The molecule has 0 aliphatic rings. The summed E-state index contributed by atoms with van der Waals surface area (Å²) in [5.74, 6) is -0.717. The van der Waals surface area contributed by atoms with E-state index in [-0.39, 0.29) is 12.1 Å². The Kier molecular flexibility index (Phi) is 3.44. The molecule has 0 aromatic heterocycles. The second-order valence-corrected chi connectivity index (χ2v) is 3.27. The Bertz CT molecular complexity index is 441. The van der Waals surface area contributed by atoms with E-state index >= 15 is 0 Å². The summed E-state index contributed by atoms with van der Waals surface area (Å²) < 4.78 is 4.96. The molecule has 0 heterocycles. The number of carbonyl (C=O) groups is 1. The first-order valence-electron chi connectivity index (χ1n) is 4.49. The van der Waals surface area contributed by atoms with E-state index in [1.807, 2.05) is 0 Å². The van der Waals surface area contributed by atoms with Crippen molar-refractivity contribution in [2.24, 2.45) is 0 Å². The number of hydrogen-bond donors (Lipinski definition) is 1. The lowest BCUT2D eigenvalue weighted by molar-refractivity contribution is -0.385. The Morgan fingerprint density at radius 2 is 2.19 bits per heavy atom. The van der Waals surface area contributed by atoms with Crippen molar-refractivity contribution in [3.05, 3.63) is 33.4 Å². The predicted octanol–water partition coefficient (Wildman–Crippen LogP) is 1.54. The van der Waals surface area contributed by atoms with Gasteiger partial charge in [-0.15, -0.1) is 0 Å². The highest BCUT2D eigenvalue weighted by Gasteiger charge is 2.17. The van der Waals surface area contributed by atoms with Gasteiger partial charge in [0, 0.05) is 6.07 Å². The number of hydrogen-bond acceptors (Lipinski definition) is 4. The van der Waals surface area contributed by atoms with Crippen molar-refractivity contribution in [3.63, 3.8) is 0 Å². The summed E-state index contributed by atoms with van der Waals surface area (Å²) in [6, 6.07) is 2.75. The average Bonchev–Trinajstić information content (AvgIpc) is 2.19. The molecule has 1 rings (SSSR count). The average molecular weight is 225 g/mol. The van der Waals surface area contributed by atoms with E-state index in [2.05, 4.69) is 0 Å². The fraction of sp³-hybridized carbons (Fsp3) is 0.300. The third kappa shape index (κ3) is 2.47. The van der Waals surface area contributed by atoms with E-state index in [9.17, 15) is 14.9 Å². The Morgan fingerprint density at radius 3 is 2.62 bits per heavy atom. The van der Waals surface area contributed by atoms with Gasteiger partial charge in [0.25, 0.3) is 5.69 Å². The maximum absolute atomic E-state index is 10.7. The number of nitro groups is 1. The van der Waals surface area contributed by atoms with E-state index in [4.69, 9.17) is 9.84 Å². The lowest BCUT2D eigenvalue weighted by atomic mass is 10.1. The Morgan fingerprint density at radius 1 is 1.56 bits per heavy atom. The highest BCUT2D eigenvalue weighted by atomic mass is 16.6. The molecule has 1 aromatic rings. The van der Waals surface area contributed by atoms with Crippen molar-refractivity contribution >= 4 is 11.7 Å². The third-order valence-electron chi connectivity index (χ3n) is 2.16. The SMILES string of the molecule is COc1cc(CC(=O)O)cc([N+](=O)[O-])c1C. The van der Waals surface area contributed by atoms with Crippen LogP contribution in [0.5, 0.6) is 5.75 Å². The van der Waals surface area contributed by atoms with Gasteiger partial charge in [0.2, 0.25) is 0 Å². The number of nitro benzene ring substituents is 1. The summed E-state index contributed by atoms with van der Waals surface area (Å²) in [4.78, 5) is 20.7. The molecule has 0 aliphatic carbocycles. The van der Waals surface area contributed by atoms with E-state index in [1.165, 1.54) is 19.2 Å². The highest BCUT2D eigenvalue weighted by molar-refractivity contribution is 5.71. The minimum atomic E-state index is -1.04. The van der Waals surface area contributed by atoms with E-state index in [1.54, 1.807) is 6.92 Å². The summed E-state index contributed by atoms with van der Waals surface area (Å²) in [6.45, 7) is 1.56. The molecule has 0 atom stereocenters. The zero-order valence-corrected chi connectivity index (χ0v) is 8.89. The summed E-state index contributed by atoms with van der Waals surface area (Å²) >= 11 is 0. The summed E-state index contributed by atoms with van der Waals surface area (Å²) in [7, 11) is 1.39. The fourth-order valence-corrected chi connectivity index (χ4v) is 1.41. The smallest absolute Gasteiger partial charge is 0.307 e. The van der Waals surface area contributed by atoms with Gasteiger partial charge in [-0.3, -0.25) is 14.9 Å². The molecule has 0 radical (unpaired) electrons. The van der Waals surface area contributed by atoms with E-state index in [0.29, 0.717) is 16.9 Å². The molecule has 1 aromatic carbocycles. The van der Waals surface area contributed by atoms with Gasteiger partial charge in [-0.25, -0.2) is 0 Å². The van der Waals surface area contributed by atoms with Crippen molar-refractivity contribution in [1.82, 2.24) is 0 Å². The zero-order valence-electron chi connectivity index (χ0n) is 8.89. The molecule has 86 valence electrons. The first-order valence-corrected chi connectivity index (χ1v) is 4.49. The number of carboxylic acids is 1. The lowest BCUT2D eigenvalue weighted by Gasteiger charge is -2.07. The van der Waals surface area contributed by atoms with Crippen LogP contribution in [0.3, 0.4) is 0 Å². The Hall–Kier alpha value is -2.11. The Labute approximate surface area is 91.6 Å². The molecule has 1 N–H and O–H groups in total. The number of ether oxygens (including phenoxy) is 1. The molecule has 0 amide bonds. The fourth-order valence-electron chi connectivity index (χ4n) is 1.41. The molecule has 0 unspecified atom stereocenters. The van der Waals surface area contributed by atoms with E-state index < -0.39 is 10.9 Å². The largest absolute Gasteiger partial charge is 0.496 e. The first-order chi connectivity index (χ1) is 7.45. The number of methoxy groups -OCH3 is 1. The van der Waals surface area contributed by atoms with Crippen molar-refractivity contribution < 1.29 is 19.6 Å². The van der Waals surface area contributed by atoms with Crippen molar-refractivity contribution in [3.8, 4) is 5.75 Å². The monoisotopic (exact) mass is 225 g/mol. The zero-order chi connectivity index (χ0) is 12.3. The third-order valence-corrected chi connectivity index (χ3v) is 2.16. The quantitative estimate of drug-likeness (QED) is 0.620. The second kappa shape index (κ2) is 4.61. The number of aliphatic carboxylic acids is 1. The standard InChI is InChI=1S/C10H11NO5/c1-6-8(11(14)15)3-7(5-10(12)13)4-9(6)16-2/h3-4H,5H2,1-2H3,(H,12,13). The van der Waals surface area contributed by atoms with Crippen LogP contribution >= 0.6 is 0 Å². The molecule has 0 saturated heterocycles. The first kappa shape index (κ1) is 12.0. The molecule has 0 aliphatic heterocycles. The van der Waals surface area contributed by atoms with Gasteiger partial charge < -0.3 is 9.84 Å². The van der Waals surface area contributed by atoms with Gasteiger partial charge in [-0.1, -0.05) is 0 Å². The van der Waals surface area contributed by atoms with Crippen LogP contribution in [0.25, 0.3) is 0 Å². The van der Waals surface area contributed by atoms with Gasteiger partial charge in [-0.05, 0) is 18.6 Å². The van der Waals surface area contributed by atoms with Gasteiger partial charge in [0.1, 0.15) is 5.75 Å². The highest BCUT2D eigenvalue weighted by Crippen LogP contribution is 2.29. The molecule has 0 fully saturated rings. The van der Waals surface area contributed by atoms with Crippen molar-refractivity contribution in [2.45, 2.75) is 13.3 Å². The number of carboxylic acid groups (broad SMARTS) is 1. The molecule has 6 nitrogen and oxygen atoms in total. The molecular weight excluding hydrogens is 214 g/mol. The Balaban J connectivity index is 3.28. The minimum absolute atomic E-state index is 0.129. The second-order valence-electron chi connectivity index (χ2n) is 3.27. The van der Waals surface area contributed by atoms with Crippen LogP contribution < -0.4 is 4.74 Å². The molecule has 0 saturated carbocycles. The maximum atomic E-state index is 10.7. The molecular formula is C10H11NO5. The van der Waals surface area contributed by atoms with Crippen molar-refractivity contribution in [1.29, 1.82) is 0 Å². The predicted molar refractivity (Wildman–Crippen MR) is 55.7 cm³/mol. The van der Waals surface area contributed by atoms with Crippen LogP contribution in [0.1, 0.15) is 11.1 Å². The van der Waals surface area contributed by atoms with Gasteiger partial charge >= 0.3 is 5.97 Å². The van der Waals surface area contributed by atoms with Crippen LogP contribution in [0.15, 0.2) is 12.1 Å². The maximum Gasteiger partial charge on any atom is 0.307 e. The van der Waals surface area contributed by atoms with Crippen LogP contribution in [0.4, 0.5) is 5.69 Å². The summed E-state index contributed by atoms with van der Waals surface area (Å²) in [6.07, 6.45) is -0.266. The van der Waals surface area contributed by atoms with Gasteiger partial charge in [0.05, 0.1) is 24.0 Å². The van der Waals surface area contributed by atoms with Crippen LogP contribution in [0.2, 0.25) is 0 Å². The molecule has 16 heavy (non-hydrogen) atoms. The minimum Gasteiger partial charge on any atom is -0.496 e. The molecule has 0 spiro atoms. The van der Waals surface area contributed by atoms with Crippen LogP contribution in [-0.2, 0) is 11.2 Å². The molecule has 6 heteroatoms. The summed E-state index contributed by atoms with van der Waals surface area (Å²) in [5.41, 5.74) is 0.610. The number of benzene rings is 1. The van der Waals surface area contributed by atoms with Crippen molar-refractivity contribution in [2.75, 3.05) is 7.11 Å².